The van der Waals surface area contributed by atoms with Crippen molar-refractivity contribution in [2.24, 2.45) is 4.99 Å². The molecule has 2 rings (SSSR count). The van der Waals surface area contributed by atoms with Gasteiger partial charge >= 0.3 is 6.09 Å². The van der Waals surface area contributed by atoms with Gasteiger partial charge in [0.05, 0.1) is 5.54 Å². The maximum absolute atomic E-state index is 11.9. The van der Waals surface area contributed by atoms with E-state index in [4.69, 9.17) is 21.3 Å². The second kappa shape index (κ2) is 7.03. The maximum atomic E-state index is 11.9. The van der Waals surface area contributed by atoms with Gasteiger partial charge < -0.3 is 4.74 Å². The minimum absolute atomic E-state index is 0.476. The first-order valence-corrected chi connectivity index (χ1v) is 9.43. The number of carbonyl (C=O) groups excluding carboxylic acids is 1. The highest BCUT2D eigenvalue weighted by molar-refractivity contribution is 9.10. The smallest absolute Gasteiger partial charge is 0.413 e. The van der Waals surface area contributed by atoms with Gasteiger partial charge in [-0.2, -0.15) is 0 Å². The molecule has 4 nitrogen and oxygen atoms in total. The van der Waals surface area contributed by atoms with Crippen LogP contribution in [0.2, 0.25) is 5.02 Å². The third-order valence-electron chi connectivity index (χ3n) is 3.29. The van der Waals surface area contributed by atoms with Crippen molar-refractivity contribution in [3.05, 3.63) is 33.3 Å². The van der Waals surface area contributed by atoms with Crippen LogP contribution >= 0.6 is 39.3 Å². The summed E-state index contributed by atoms with van der Waals surface area (Å²) in [6.07, 6.45) is 0.348. The lowest BCUT2D eigenvalue weighted by Gasteiger charge is -2.31. The van der Waals surface area contributed by atoms with Crippen molar-refractivity contribution in [3.63, 3.8) is 0 Å². The first kappa shape index (κ1) is 18.6. The predicted octanol–water partition coefficient (Wildman–Crippen LogP) is 5.34. The summed E-state index contributed by atoms with van der Waals surface area (Å²) in [5.41, 5.74) is -0.0746. The number of nitrogens with zero attached hydrogens (tertiary/aromatic N) is 1. The number of thioether (sulfide) groups is 1. The predicted molar refractivity (Wildman–Crippen MR) is 100 cm³/mol. The van der Waals surface area contributed by atoms with E-state index in [1.165, 1.54) is 11.8 Å². The molecule has 0 fully saturated rings. The van der Waals surface area contributed by atoms with Crippen LogP contribution in [-0.4, -0.2) is 22.6 Å². The minimum Gasteiger partial charge on any atom is -0.444 e. The third-order valence-corrected chi connectivity index (χ3v) is 4.99. The van der Waals surface area contributed by atoms with E-state index >= 15 is 0 Å². The van der Waals surface area contributed by atoms with Gasteiger partial charge in [0.25, 0.3) is 0 Å². The number of alkyl carbamates (subject to hydrolysis) is 1. The fourth-order valence-corrected chi connectivity index (χ4v) is 4.02. The Bertz CT molecular complexity index is 645. The van der Waals surface area contributed by atoms with Gasteiger partial charge in [0, 0.05) is 15.2 Å². The Morgan fingerprint density at radius 1 is 1.48 bits per heavy atom. The lowest BCUT2D eigenvalue weighted by Crippen LogP contribution is -2.38. The van der Waals surface area contributed by atoms with E-state index in [0.717, 1.165) is 22.2 Å². The summed E-state index contributed by atoms with van der Waals surface area (Å²) in [4.78, 5) is 16.7. The van der Waals surface area contributed by atoms with E-state index in [1.807, 2.05) is 45.9 Å². The molecule has 0 unspecified atom stereocenters. The third kappa shape index (κ3) is 5.13. The summed E-state index contributed by atoms with van der Waals surface area (Å²) in [6, 6.07) is 5.73. The van der Waals surface area contributed by atoms with E-state index < -0.39 is 17.2 Å². The molecule has 1 aromatic rings. The van der Waals surface area contributed by atoms with Crippen LogP contribution in [0, 0.1) is 0 Å². The van der Waals surface area contributed by atoms with Crippen LogP contribution in [0.3, 0.4) is 0 Å². The van der Waals surface area contributed by atoms with Crippen molar-refractivity contribution in [1.29, 1.82) is 0 Å². The number of amidine groups is 1. The normalized spacial score (nSPS) is 21.6. The molecular formula is C16H20BrClN2O2S. The molecule has 1 aromatic carbocycles. The molecule has 7 heteroatoms. The summed E-state index contributed by atoms with van der Waals surface area (Å²) in [5.74, 6) is 0.841. The van der Waals surface area contributed by atoms with Gasteiger partial charge in [-0.15, -0.1) is 0 Å². The Balaban J connectivity index is 2.23. The van der Waals surface area contributed by atoms with Crippen molar-refractivity contribution in [2.45, 2.75) is 45.3 Å². The molecule has 126 valence electrons. The van der Waals surface area contributed by atoms with Gasteiger partial charge in [-0.25, -0.2) is 4.79 Å². The number of halogens is 2. The average molecular weight is 420 g/mol. The van der Waals surface area contributed by atoms with Crippen LogP contribution in [0.25, 0.3) is 0 Å². The molecule has 1 aliphatic heterocycles. The largest absolute Gasteiger partial charge is 0.444 e. The molecule has 23 heavy (non-hydrogen) atoms. The molecule has 0 aromatic heterocycles. The van der Waals surface area contributed by atoms with Gasteiger partial charge in [-0.1, -0.05) is 39.3 Å². The molecule has 1 heterocycles. The molecule has 1 N–H and O–H groups in total. The quantitative estimate of drug-likeness (QED) is 0.669. The van der Waals surface area contributed by atoms with Gasteiger partial charge in [-0.3, -0.25) is 10.3 Å². The van der Waals surface area contributed by atoms with Crippen LogP contribution in [0.15, 0.2) is 27.7 Å². The van der Waals surface area contributed by atoms with Crippen LogP contribution in [-0.2, 0) is 10.3 Å². The van der Waals surface area contributed by atoms with E-state index in [1.54, 1.807) is 0 Å². The Labute approximate surface area is 154 Å². The Hall–Kier alpha value is -0.720. The van der Waals surface area contributed by atoms with E-state index in [9.17, 15) is 4.79 Å². The zero-order valence-corrected chi connectivity index (χ0v) is 16.7. The summed E-state index contributed by atoms with van der Waals surface area (Å²) in [7, 11) is 0. The SMILES string of the molecule is CC(C)(C)OC(=O)NC1=N[C@](C)(c2cc(Br)ccc2Cl)CCS1. The molecule has 0 bridgehead atoms. The Morgan fingerprint density at radius 3 is 2.83 bits per heavy atom. The first-order chi connectivity index (χ1) is 10.6. The number of hydrogen-bond acceptors (Lipinski definition) is 4. The Morgan fingerprint density at radius 2 is 2.17 bits per heavy atom. The molecule has 1 amide bonds. The second-order valence-electron chi connectivity index (χ2n) is 6.54. The average Bonchev–Trinajstić information content (AvgIpc) is 2.39. The van der Waals surface area contributed by atoms with Gasteiger partial charge in [0.15, 0.2) is 5.17 Å². The number of aliphatic imine (C=N–C) groups is 1. The molecule has 0 radical (unpaired) electrons. The molecule has 0 aliphatic carbocycles. The second-order valence-corrected chi connectivity index (χ2v) is 8.95. The molecule has 1 atom stereocenters. The maximum Gasteiger partial charge on any atom is 0.413 e. The fraction of sp³-hybridized carbons (Fsp3) is 0.500. The summed E-state index contributed by atoms with van der Waals surface area (Å²) < 4.78 is 6.23. The van der Waals surface area contributed by atoms with Crippen molar-refractivity contribution >= 4 is 50.6 Å². The van der Waals surface area contributed by atoms with Crippen LogP contribution < -0.4 is 5.32 Å². The molecule has 0 spiro atoms. The van der Waals surface area contributed by atoms with Crippen molar-refractivity contribution in [1.82, 2.24) is 5.32 Å². The molecule has 0 saturated carbocycles. The topological polar surface area (TPSA) is 50.7 Å². The number of carbonyl (C=O) groups is 1. The fourth-order valence-electron chi connectivity index (χ4n) is 2.22. The monoisotopic (exact) mass is 418 g/mol. The highest BCUT2D eigenvalue weighted by Gasteiger charge is 2.33. The van der Waals surface area contributed by atoms with Gasteiger partial charge in [-0.05, 0) is 57.9 Å². The summed E-state index contributed by atoms with van der Waals surface area (Å²) in [6.45, 7) is 7.51. The van der Waals surface area contributed by atoms with Gasteiger partial charge in [0.1, 0.15) is 5.60 Å². The lowest BCUT2D eigenvalue weighted by atomic mass is 9.90. The van der Waals surface area contributed by atoms with E-state index in [-0.39, 0.29) is 0 Å². The number of ether oxygens (including phenoxy) is 1. The summed E-state index contributed by atoms with van der Waals surface area (Å²) in [5, 5.41) is 3.96. The van der Waals surface area contributed by atoms with Crippen LogP contribution in [0.1, 0.15) is 39.7 Å². The van der Waals surface area contributed by atoms with Crippen LogP contribution in [0.4, 0.5) is 4.79 Å². The zero-order chi connectivity index (χ0) is 17.3. The van der Waals surface area contributed by atoms with Gasteiger partial charge in [0.2, 0.25) is 0 Å². The highest BCUT2D eigenvalue weighted by Crippen LogP contribution is 2.39. The van der Waals surface area contributed by atoms with Crippen molar-refractivity contribution in [3.8, 4) is 0 Å². The van der Waals surface area contributed by atoms with E-state index in [0.29, 0.717) is 10.2 Å². The highest BCUT2D eigenvalue weighted by atomic mass is 79.9. The molecular weight excluding hydrogens is 400 g/mol. The van der Waals surface area contributed by atoms with E-state index in [2.05, 4.69) is 21.2 Å². The molecule has 0 saturated heterocycles. The lowest BCUT2D eigenvalue weighted by molar-refractivity contribution is 0.0564. The van der Waals surface area contributed by atoms with Crippen molar-refractivity contribution in [2.75, 3.05) is 5.75 Å². The molecule has 1 aliphatic rings. The standard InChI is InChI=1S/C16H20BrClN2O2S/c1-15(2,3)22-14(21)19-13-20-16(4,7-8-23-13)11-9-10(17)5-6-12(11)18/h5-6,9H,7-8H2,1-4H3,(H,19,20,21)/t16-/m0/s1. The Kier molecular flexibility index (Phi) is 5.69. The minimum atomic E-state index is -0.541. The van der Waals surface area contributed by atoms with Crippen LogP contribution in [0.5, 0.6) is 0 Å². The van der Waals surface area contributed by atoms with Crippen molar-refractivity contribution < 1.29 is 9.53 Å². The number of hydrogen-bond donors (Lipinski definition) is 1. The number of nitrogens with one attached hydrogen (secondary N) is 1. The first-order valence-electron chi connectivity index (χ1n) is 7.27. The number of rotatable bonds is 1. The number of amides is 1. The summed E-state index contributed by atoms with van der Waals surface area (Å²) >= 11 is 11.3. The number of benzene rings is 1. The zero-order valence-electron chi connectivity index (χ0n) is 13.6.